The third-order valence-electron chi connectivity index (χ3n) is 4.01. The first-order valence-corrected chi connectivity index (χ1v) is 11.0. The standard InChI is InChI=1S/C17H24Cl2N2O5S/c1-11-9-21(10-12(2)25-11)27(23,24)7-6-20-17(22)13(3)26-14-4-5-15(18)16(19)8-14/h4-5,8,11-13H,6-7,9-10H2,1-3H3,(H,20,22). The fourth-order valence-electron chi connectivity index (χ4n) is 2.74. The lowest BCUT2D eigenvalue weighted by Crippen LogP contribution is -2.50. The summed E-state index contributed by atoms with van der Waals surface area (Å²) in [7, 11) is -3.47. The Bertz CT molecular complexity index is 765. The smallest absolute Gasteiger partial charge is 0.260 e. The number of hydrogen-bond acceptors (Lipinski definition) is 5. The number of rotatable bonds is 7. The molecule has 0 radical (unpaired) electrons. The molecular formula is C17H24Cl2N2O5S. The predicted molar refractivity (Wildman–Crippen MR) is 105 cm³/mol. The highest BCUT2D eigenvalue weighted by Crippen LogP contribution is 2.26. The normalized spacial score (nSPS) is 22.3. The molecule has 1 fully saturated rings. The van der Waals surface area contributed by atoms with Crippen molar-refractivity contribution in [3.63, 3.8) is 0 Å². The van der Waals surface area contributed by atoms with Gasteiger partial charge < -0.3 is 14.8 Å². The lowest BCUT2D eigenvalue weighted by Gasteiger charge is -2.34. The SMILES string of the molecule is CC1CN(S(=O)(=O)CCNC(=O)C(C)Oc2ccc(Cl)c(Cl)c2)CC(C)O1. The molecule has 1 heterocycles. The van der Waals surface area contributed by atoms with Gasteiger partial charge in [0.15, 0.2) is 6.10 Å². The van der Waals surface area contributed by atoms with E-state index in [0.717, 1.165) is 0 Å². The van der Waals surface area contributed by atoms with Crippen LogP contribution in [0.25, 0.3) is 0 Å². The van der Waals surface area contributed by atoms with E-state index in [4.69, 9.17) is 32.7 Å². The molecule has 0 saturated carbocycles. The van der Waals surface area contributed by atoms with Crippen molar-refractivity contribution < 1.29 is 22.7 Å². The molecule has 0 bridgehead atoms. The van der Waals surface area contributed by atoms with E-state index >= 15 is 0 Å². The fraction of sp³-hybridized carbons (Fsp3) is 0.588. The van der Waals surface area contributed by atoms with E-state index in [1.165, 1.54) is 10.4 Å². The number of nitrogens with one attached hydrogen (secondary N) is 1. The van der Waals surface area contributed by atoms with Gasteiger partial charge in [-0.3, -0.25) is 4.79 Å². The highest BCUT2D eigenvalue weighted by molar-refractivity contribution is 7.89. The number of ether oxygens (including phenoxy) is 2. The molecule has 1 aliphatic heterocycles. The number of benzene rings is 1. The van der Waals surface area contributed by atoms with E-state index in [2.05, 4.69) is 5.32 Å². The van der Waals surface area contributed by atoms with Crippen molar-refractivity contribution in [2.45, 2.75) is 39.1 Å². The number of hydrogen-bond donors (Lipinski definition) is 1. The lowest BCUT2D eigenvalue weighted by atomic mass is 10.3. The van der Waals surface area contributed by atoms with Crippen molar-refractivity contribution in [2.75, 3.05) is 25.4 Å². The molecule has 1 aromatic rings. The van der Waals surface area contributed by atoms with Crippen LogP contribution >= 0.6 is 23.2 Å². The minimum Gasteiger partial charge on any atom is -0.481 e. The summed E-state index contributed by atoms with van der Waals surface area (Å²) in [6.45, 7) is 5.87. The molecule has 27 heavy (non-hydrogen) atoms. The molecule has 3 atom stereocenters. The number of sulfonamides is 1. The van der Waals surface area contributed by atoms with Gasteiger partial charge in [-0.2, -0.15) is 4.31 Å². The van der Waals surface area contributed by atoms with Crippen LogP contribution in [0.5, 0.6) is 5.75 Å². The van der Waals surface area contributed by atoms with Crippen LogP contribution in [0.3, 0.4) is 0 Å². The zero-order valence-corrected chi connectivity index (χ0v) is 17.8. The maximum Gasteiger partial charge on any atom is 0.260 e. The summed E-state index contributed by atoms with van der Waals surface area (Å²) in [6.07, 6.45) is -1.12. The second kappa shape index (κ2) is 9.43. The molecule has 2 rings (SSSR count). The van der Waals surface area contributed by atoms with Crippen LogP contribution in [0.4, 0.5) is 0 Å². The van der Waals surface area contributed by atoms with E-state index in [-0.39, 0.29) is 24.5 Å². The first-order valence-electron chi connectivity index (χ1n) is 8.61. The Hall–Kier alpha value is -1.06. The molecule has 1 aromatic carbocycles. The van der Waals surface area contributed by atoms with E-state index in [9.17, 15) is 13.2 Å². The monoisotopic (exact) mass is 438 g/mol. The van der Waals surface area contributed by atoms with Gasteiger partial charge in [0.05, 0.1) is 28.0 Å². The van der Waals surface area contributed by atoms with E-state index in [1.807, 2.05) is 13.8 Å². The first kappa shape index (κ1) is 22.2. The Labute approximate surface area is 170 Å². The van der Waals surface area contributed by atoms with Gasteiger partial charge >= 0.3 is 0 Å². The first-order chi connectivity index (χ1) is 12.6. The quantitative estimate of drug-likeness (QED) is 0.705. The van der Waals surface area contributed by atoms with Crippen LogP contribution in [-0.4, -0.2) is 62.3 Å². The predicted octanol–water partition coefficient (Wildman–Crippen LogP) is 2.32. The Balaban J connectivity index is 1.82. The average molecular weight is 439 g/mol. The number of nitrogens with zero attached hydrogens (tertiary/aromatic N) is 1. The van der Waals surface area contributed by atoms with Gasteiger partial charge in [-0.05, 0) is 32.9 Å². The minimum atomic E-state index is -3.47. The number of amides is 1. The lowest BCUT2D eigenvalue weighted by molar-refractivity contribution is -0.127. The molecule has 10 heteroatoms. The molecule has 1 aliphatic rings. The summed E-state index contributed by atoms with van der Waals surface area (Å²) in [5.74, 6) is -0.201. The van der Waals surface area contributed by atoms with Gasteiger partial charge in [0.25, 0.3) is 5.91 Å². The summed E-state index contributed by atoms with van der Waals surface area (Å²) in [5.41, 5.74) is 0. The zero-order chi connectivity index (χ0) is 20.2. The number of morpholine rings is 1. The molecule has 0 spiro atoms. The van der Waals surface area contributed by atoms with Crippen molar-refractivity contribution in [2.24, 2.45) is 0 Å². The van der Waals surface area contributed by atoms with Gasteiger partial charge in [-0.1, -0.05) is 23.2 Å². The summed E-state index contributed by atoms with van der Waals surface area (Å²) in [4.78, 5) is 12.1. The summed E-state index contributed by atoms with van der Waals surface area (Å²) < 4.78 is 37.4. The molecule has 3 unspecified atom stereocenters. The molecule has 1 amide bonds. The van der Waals surface area contributed by atoms with E-state index in [1.54, 1.807) is 19.1 Å². The molecular weight excluding hydrogens is 415 g/mol. The molecule has 1 saturated heterocycles. The zero-order valence-electron chi connectivity index (χ0n) is 15.4. The number of carbonyl (C=O) groups excluding carboxylic acids is 1. The maximum absolute atomic E-state index is 12.4. The molecule has 0 aliphatic carbocycles. The van der Waals surface area contributed by atoms with Crippen molar-refractivity contribution >= 4 is 39.1 Å². The highest BCUT2D eigenvalue weighted by atomic mass is 35.5. The second-order valence-corrected chi connectivity index (χ2v) is 9.42. The van der Waals surface area contributed by atoms with E-state index < -0.39 is 22.0 Å². The van der Waals surface area contributed by atoms with Gasteiger partial charge in [-0.25, -0.2) is 8.42 Å². The van der Waals surface area contributed by atoms with Crippen LogP contribution in [0.2, 0.25) is 10.0 Å². The largest absolute Gasteiger partial charge is 0.481 e. The molecule has 7 nitrogen and oxygen atoms in total. The molecule has 0 aromatic heterocycles. The maximum atomic E-state index is 12.4. The Morgan fingerprint density at radius 2 is 1.93 bits per heavy atom. The van der Waals surface area contributed by atoms with Crippen LogP contribution < -0.4 is 10.1 Å². The van der Waals surface area contributed by atoms with Crippen LogP contribution in [0.15, 0.2) is 18.2 Å². The number of carbonyl (C=O) groups is 1. The van der Waals surface area contributed by atoms with Crippen LogP contribution in [0, 0.1) is 0 Å². The average Bonchev–Trinajstić information content (AvgIpc) is 2.57. The summed E-state index contributed by atoms with van der Waals surface area (Å²) in [5, 5.41) is 3.29. The van der Waals surface area contributed by atoms with Crippen molar-refractivity contribution in [3.05, 3.63) is 28.2 Å². The summed E-state index contributed by atoms with van der Waals surface area (Å²) in [6, 6.07) is 4.68. The fourth-order valence-corrected chi connectivity index (χ4v) is 4.52. The highest BCUT2D eigenvalue weighted by Gasteiger charge is 2.30. The molecule has 1 N–H and O–H groups in total. The Morgan fingerprint density at radius 3 is 2.52 bits per heavy atom. The topological polar surface area (TPSA) is 84.9 Å². The van der Waals surface area contributed by atoms with E-state index in [0.29, 0.717) is 28.9 Å². The number of halogens is 2. The minimum absolute atomic E-state index is 0.00361. The molecule has 152 valence electrons. The Kier molecular flexibility index (Phi) is 7.76. The Morgan fingerprint density at radius 1 is 1.30 bits per heavy atom. The van der Waals surface area contributed by atoms with Crippen LogP contribution in [-0.2, 0) is 19.6 Å². The third kappa shape index (κ3) is 6.50. The van der Waals surface area contributed by atoms with Crippen molar-refractivity contribution in [1.82, 2.24) is 9.62 Å². The second-order valence-electron chi connectivity index (χ2n) is 6.52. The van der Waals surface area contributed by atoms with Gasteiger partial charge in [0.2, 0.25) is 10.0 Å². The van der Waals surface area contributed by atoms with Gasteiger partial charge in [0, 0.05) is 25.7 Å². The van der Waals surface area contributed by atoms with Crippen molar-refractivity contribution in [3.8, 4) is 5.75 Å². The van der Waals surface area contributed by atoms with Crippen molar-refractivity contribution in [1.29, 1.82) is 0 Å². The third-order valence-corrected chi connectivity index (χ3v) is 6.56. The summed E-state index contributed by atoms with van der Waals surface area (Å²) >= 11 is 11.7. The van der Waals surface area contributed by atoms with Crippen LogP contribution in [0.1, 0.15) is 20.8 Å². The van der Waals surface area contributed by atoms with Gasteiger partial charge in [0.1, 0.15) is 5.75 Å². The van der Waals surface area contributed by atoms with Gasteiger partial charge in [-0.15, -0.1) is 0 Å².